The highest BCUT2D eigenvalue weighted by molar-refractivity contribution is 5.76. The van der Waals surface area contributed by atoms with Gasteiger partial charge < -0.3 is 24.1 Å². The van der Waals surface area contributed by atoms with E-state index in [4.69, 9.17) is 14.2 Å². The summed E-state index contributed by atoms with van der Waals surface area (Å²) in [5.41, 5.74) is 2.24. The normalized spacial score (nSPS) is 14.4. The SMILES string of the molecule is COc1cc(CN2CCc3nnc([C@H](C)NC(=O)CCc4ccccc4)n3CC2)cc(OC)c1OC. The summed E-state index contributed by atoms with van der Waals surface area (Å²) < 4.78 is 18.6. The van der Waals surface area contributed by atoms with Gasteiger partial charge >= 0.3 is 0 Å². The molecule has 1 amide bonds. The fraction of sp³-hybridized carbons (Fsp3) is 0.444. The molecular formula is C27H35N5O4. The molecule has 9 heteroatoms. The number of carbonyl (C=O) groups is 1. The van der Waals surface area contributed by atoms with Crippen molar-refractivity contribution < 1.29 is 19.0 Å². The number of benzene rings is 2. The summed E-state index contributed by atoms with van der Waals surface area (Å²) in [6.45, 7) is 5.16. The lowest BCUT2D eigenvalue weighted by molar-refractivity contribution is -0.121. The molecule has 1 aromatic heterocycles. The van der Waals surface area contributed by atoms with Crippen LogP contribution < -0.4 is 19.5 Å². The molecule has 1 aliphatic heterocycles. The predicted molar refractivity (Wildman–Crippen MR) is 136 cm³/mol. The van der Waals surface area contributed by atoms with Gasteiger partial charge in [0.15, 0.2) is 17.3 Å². The number of aromatic nitrogens is 3. The summed E-state index contributed by atoms with van der Waals surface area (Å²) >= 11 is 0. The topological polar surface area (TPSA) is 90.7 Å². The molecule has 0 radical (unpaired) electrons. The van der Waals surface area contributed by atoms with Gasteiger partial charge in [-0.3, -0.25) is 9.69 Å². The van der Waals surface area contributed by atoms with Crippen LogP contribution in [0.25, 0.3) is 0 Å². The second-order valence-electron chi connectivity index (χ2n) is 8.96. The molecule has 1 atom stereocenters. The highest BCUT2D eigenvalue weighted by atomic mass is 16.5. The molecule has 2 aromatic carbocycles. The van der Waals surface area contributed by atoms with Crippen LogP contribution in [-0.2, 0) is 30.7 Å². The molecule has 2 heterocycles. The van der Waals surface area contributed by atoms with Crippen LogP contribution in [-0.4, -0.2) is 60.0 Å². The molecule has 1 aliphatic rings. The van der Waals surface area contributed by atoms with E-state index in [1.54, 1.807) is 21.3 Å². The number of hydrogen-bond donors (Lipinski definition) is 1. The number of hydrogen-bond acceptors (Lipinski definition) is 7. The van der Waals surface area contributed by atoms with Crippen LogP contribution in [0.2, 0.25) is 0 Å². The third-order valence-corrected chi connectivity index (χ3v) is 6.53. The van der Waals surface area contributed by atoms with E-state index >= 15 is 0 Å². The van der Waals surface area contributed by atoms with Gasteiger partial charge in [-0.25, -0.2) is 0 Å². The number of nitrogens with one attached hydrogen (secondary N) is 1. The average Bonchev–Trinajstić information content (AvgIpc) is 3.21. The van der Waals surface area contributed by atoms with Gasteiger partial charge in [-0.15, -0.1) is 10.2 Å². The molecule has 0 fully saturated rings. The first kappa shape index (κ1) is 25.5. The van der Waals surface area contributed by atoms with Crippen molar-refractivity contribution in [2.24, 2.45) is 0 Å². The molecule has 3 aromatic rings. The van der Waals surface area contributed by atoms with Gasteiger partial charge in [0.25, 0.3) is 0 Å². The maximum Gasteiger partial charge on any atom is 0.220 e. The Hall–Kier alpha value is -3.59. The molecule has 36 heavy (non-hydrogen) atoms. The molecule has 0 saturated carbocycles. The molecular weight excluding hydrogens is 458 g/mol. The van der Waals surface area contributed by atoms with Crippen LogP contribution in [0.4, 0.5) is 0 Å². The van der Waals surface area contributed by atoms with Crippen molar-refractivity contribution in [2.45, 2.75) is 45.3 Å². The van der Waals surface area contributed by atoms with Crippen molar-refractivity contribution >= 4 is 5.91 Å². The monoisotopic (exact) mass is 493 g/mol. The first-order valence-electron chi connectivity index (χ1n) is 12.3. The van der Waals surface area contributed by atoms with Crippen molar-refractivity contribution in [1.29, 1.82) is 0 Å². The third kappa shape index (κ3) is 5.96. The summed E-state index contributed by atoms with van der Waals surface area (Å²) in [7, 11) is 4.86. The number of methoxy groups -OCH3 is 3. The number of amides is 1. The Morgan fingerprint density at radius 2 is 1.69 bits per heavy atom. The molecule has 0 bridgehead atoms. The van der Waals surface area contributed by atoms with Crippen LogP contribution in [0.5, 0.6) is 17.2 Å². The zero-order valence-corrected chi connectivity index (χ0v) is 21.5. The number of rotatable bonds is 10. The van der Waals surface area contributed by atoms with Gasteiger partial charge in [0, 0.05) is 39.0 Å². The largest absolute Gasteiger partial charge is 0.493 e. The van der Waals surface area contributed by atoms with Crippen molar-refractivity contribution in [2.75, 3.05) is 34.4 Å². The smallest absolute Gasteiger partial charge is 0.220 e. The summed E-state index contributed by atoms with van der Waals surface area (Å²) in [6, 6.07) is 13.8. The number of nitrogens with zero attached hydrogens (tertiary/aromatic N) is 4. The molecule has 0 unspecified atom stereocenters. The van der Waals surface area contributed by atoms with Crippen molar-refractivity contribution in [3.63, 3.8) is 0 Å². The lowest BCUT2D eigenvalue weighted by Gasteiger charge is -2.21. The standard InChI is InChI=1S/C27H35N5O4/c1-19(28-25(33)11-10-20-8-6-5-7-9-20)27-30-29-24-12-13-31(14-15-32(24)27)18-21-16-22(34-2)26(36-4)23(17-21)35-3/h5-9,16-17,19H,10-15,18H2,1-4H3,(H,28,33)/t19-/m0/s1. The minimum absolute atomic E-state index is 0.0151. The summed E-state index contributed by atoms with van der Waals surface area (Å²) in [4.78, 5) is 14.9. The Morgan fingerprint density at radius 3 is 2.36 bits per heavy atom. The maximum absolute atomic E-state index is 12.6. The van der Waals surface area contributed by atoms with Crippen molar-refractivity contribution in [3.8, 4) is 17.2 Å². The van der Waals surface area contributed by atoms with Crippen LogP contribution in [0.1, 0.15) is 42.2 Å². The van der Waals surface area contributed by atoms with Gasteiger partial charge in [-0.2, -0.15) is 0 Å². The molecule has 4 rings (SSSR count). The highest BCUT2D eigenvalue weighted by Crippen LogP contribution is 2.38. The lowest BCUT2D eigenvalue weighted by Crippen LogP contribution is -2.30. The number of fused-ring (bicyclic) bond motifs is 1. The molecule has 1 N–H and O–H groups in total. The fourth-order valence-corrected chi connectivity index (χ4v) is 4.63. The first-order valence-corrected chi connectivity index (χ1v) is 12.3. The van der Waals surface area contributed by atoms with Crippen LogP contribution in [0.15, 0.2) is 42.5 Å². The molecule has 0 saturated heterocycles. The van der Waals surface area contributed by atoms with Gasteiger partial charge in [0.1, 0.15) is 5.82 Å². The minimum atomic E-state index is -0.212. The van der Waals surface area contributed by atoms with E-state index in [1.807, 2.05) is 49.4 Å². The van der Waals surface area contributed by atoms with E-state index in [9.17, 15) is 4.79 Å². The van der Waals surface area contributed by atoms with Crippen molar-refractivity contribution in [1.82, 2.24) is 25.0 Å². The van der Waals surface area contributed by atoms with Crippen LogP contribution in [0, 0.1) is 0 Å². The molecule has 192 valence electrons. The fourth-order valence-electron chi connectivity index (χ4n) is 4.63. The van der Waals surface area contributed by atoms with Gasteiger partial charge in [0.2, 0.25) is 11.7 Å². The maximum atomic E-state index is 12.6. The van der Waals surface area contributed by atoms with E-state index in [0.29, 0.717) is 30.1 Å². The molecule has 9 nitrogen and oxygen atoms in total. The Bertz CT molecular complexity index is 1140. The number of carbonyl (C=O) groups excluding carboxylic acids is 1. The Morgan fingerprint density at radius 1 is 0.972 bits per heavy atom. The second-order valence-corrected chi connectivity index (χ2v) is 8.96. The Labute approximate surface area is 212 Å². The van der Waals surface area contributed by atoms with Gasteiger partial charge in [-0.1, -0.05) is 30.3 Å². The van der Waals surface area contributed by atoms with Gasteiger partial charge in [0.05, 0.1) is 27.4 Å². The zero-order valence-electron chi connectivity index (χ0n) is 21.5. The molecule has 0 aliphatic carbocycles. The van der Waals surface area contributed by atoms with E-state index in [-0.39, 0.29) is 11.9 Å². The average molecular weight is 494 g/mol. The van der Waals surface area contributed by atoms with E-state index < -0.39 is 0 Å². The minimum Gasteiger partial charge on any atom is -0.493 e. The zero-order chi connectivity index (χ0) is 25.5. The second kappa shape index (κ2) is 11.9. The van der Waals surface area contributed by atoms with E-state index in [0.717, 1.165) is 55.4 Å². The lowest BCUT2D eigenvalue weighted by atomic mass is 10.1. The van der Waals surface area contributed by atoms with Crippen LogP contribution in [0.3, 0.4) is 0 Å². The molecule has 0 spiro atoms. The van der Waals surface area contributed by atoms with Crippen molar-refractivity contribution in [3.05, 3.63) is 65.2 Å². The quantitative estimate of drug-likeness (QED) is 0.464. The number of aryl methyl sites for hydroxylation is 1. The van der Waals surface area contributed by atoms with E-state index in [2.05, 4.69) is 25.0 Å². The predicted octanol–water partition coefficient (Wildman–Crippen LogP) is 3.17. The highest BCUT2D eigenvalue weighted by Gasteiger charge is 2.23. The summed E-state index contributed by atoms with van der Waals surface area (Å²) in [5.74, 6) is 3.66. The third-order valence-electron chi connectivity index (χ3n) is 6.53. The van der Waals surface area contributed by atoms with Crippen LogP contribution >= 0.6 is 0 Å². The first-order chi connectivity index (χ1) is 17.5. The van der Waals surface area contributed by atoms with Gasteiger partial charge in [-0.05, 0) is 36.6 Å². The van der Waals surface area contributed by atoms with E-state index in [1.165, 1.54) is 0 Å². The summed E-state index contributed by atoms with van der Waals surface area (Å²) in [6.07, 6.45) is 1.94. The Balaban J connectivity index is 1.37. The Kier molecular flexibility index (Phi) is 8.43. The number of ether oxygens (including phenoxy) is 3. The summed E-state index contributed by atoms with van der Waals surface area (Å²) in [5, 5.41) is 11.9.